The second kappa shape index (κ2) is 13.7. The number of rotatable bonds is 10. The summed E-state index contributed by atoms with van der Waals surface area (Å²) >= 11 is 0. The maximum atomic E-state index is 13.7. The first-order valence-corrected chi connectivity index (χ1v) is 17.3. The molecule has 2 atom stereocenters. The molecular weight excluding hydrogens is 639 g/mol. The van der Waals surface area contributed by atoms with Crippen molar-refractivity contribution in [2.75, 3.05) is 49.2 Å². The van der Waals surface area contributed by atoms with E-state index in [1.165, 1.54) is 29.7 Å². The van der Waals surface area contributed by atoms with E-state index in [2.05, 4.69) is 49.4 Å². The predicted molar refractivity (Wildman–Crippen MR) is 185 cm³/mol. The zero-order valence-corrected chi connectivity index (χ0v) is 28.1. The molecule has 0 amide bonds. The van der Waals surface area contributed by atoms with Crippen molar-refractivity contribution >= 4 is 11.4 Å². The van der Waals surface area contributed by atoms with Crippen LogP contribution in [-0.4, -0.2) is 74.6 Å². The monoisotopic (exact) mass is 680 g/mol. The molecule has 13 heteroatoms. The van der Waals surface area contributed by atoms with Crippen LogP contribution in [0.1, 0.15) is 43.1 Å². The van der Waals surface area contributed by atoms with Crippen LogP contribution in [0.2, 0.25) is 0 Å². The number of hydrogen-bond acceptors (Lipinski definition) is 9. The van der Waals surface area contributed by atoms with Gasteiger partial charge in [0.1, 0.15) is 42.8 Å². The average Bonchev–Trinajstić information content (AvgIpc) is 3.98. The Hall–Kier alpha value is -5.01. The minimum absolute atomic E-state index is 0.0611. The van der Waals surface area contributed by atoms with Crippen LogP contribution in [0.3, 0.4) is 0 Å². The van der Waals surface area contributed by atoms with Crippen LogP contribution in [0.25, 0.3) is 5.69 Å². The average molecular weight is 681 g/mol. The lowest BCUT2D eigenvalue weighted by Gasteiger charge is -2.37. The lowest BCUT2D eigenvalue weighted by Crippen LogP contribution is -2.46. The molecule has 1 aliphatic carbocycles. The van der Waals surface area contributed by atoms with Gasteiger partial charge in [-0.25, -0.2) is 9.18 Å². The molecule has 0 bridgehead atoms. The first kappa shape index (κ1) is 32.2. The molecule has 2 unspecified atom stereocenters. The van der Waals surface area contributed by atoms with Crippen molar-refractivity contribution < 1.29 is 18.6 Å². The van der Waals surface area contributed by atoms with Gasteiger partial charge in [0.25, 0.3) is 0 Å². The van der Waals surface area contributed by atoms with Gasteiger partial charge in [-0.1, -0.05) is 25.0 Å². The summed E-state index contributed by atoms with van der Waals surface area (Å²) in [6.07, 6.45) is 7.76. The molecule has 12 nitrogen and oxygen atoms in total. The third kappa shape index (κ3) is 6.50. The van der Waals surface area contributed by atoms with Gasteiger partial charge >= 0.3 is 5.69 Å². The smallest absolute Gasteiger partial charge is 0.350 e. The largest absolute Gasteiger partial charge is 0.491 e. The molecule has 5 aromatic rings. The Kier molecular flexibility index (Phi) is 8.84. The van der Waals surface area contributed by atoms with E-state index in [9.17, 15) is 9.18 Å². The van der Waals surface area contributed by atoms with Gasteiger partial charge in [-0.05, 0) is 73.5 Å². The van der Waals surface area contributed by atoms with E-state index in [4.69, 9.17) is 14.2 Å². The Morgan fingerprint density at radius 3 is 2.14 bits per heavy atom. The molecule has 2 aliphatic heterocycles. The fourth-order valence-corrected chi connectivity index (χ4v) is 7.27. The van der Waals surface area contributed by atoms with Crippen LogP contribution in [0.4, 0.5) is 15.8 Å². The molecule has 8 rings (SSSR count). The van der Waals surface area contributed by atoms with Crippen molar-refractivity contribution in [3.8, 4) is 11.4 Å². The van der Waals surface area contributed by atoms with Gasteiger partial charge in [-0.3, -0.25) is 4.57 Å². The normalized spacial score (nSPS) is 21.3. The van der Waals surface area contributed by atoms with Crippen molar-refractivity contribution in [1.29, 1.82) is 0 Å². The summed E-state index contributed by atoms with van der Waals surface area (Å²) in [6.45, 7) is 4.17. The Balaban J connectivity index is 0.843. The second-order valence-electron chi connectivity index (χ2n) is 13.3. The maximum absolute atomic E-state index is 13.7. The number of anilines is 2. The number of piperazine rings is 1. The van der Waals surface area contributed by atoms with Crippen molar-refractivity contribution in [3.63, 3.8) is 0 Å². The van der Waals surface area contributed by atoms with Crippen molar-refractivity contribution in [1.82, 2.24) is 29.1 Å². The summed E-state index contributed by atoms with van der Waals surface area (Å²) in [5.74, 6) is 0.00104. The van der Waals surface area contributed by atoms with Gasteiger partial charge in [0.2, 0.25) is 5.79 Å². The van der Waals surface area contributed by atoms with E-state index in [0.29, 0.717) is 31.0 Å². The molecule has 3 aromatic carbocycles. The topological polar surface area (TPSA) is 105 Å². The van der Waals surface area contributed by atoms with Crippen LogP contribution in [0, 0.1) is 5.82 Å². The highest BCUT2D eigenvalue weighted by Crippen LogP contribution is 2.38. The molecule has 2 saturated heterocycles. The van der Waals surface area contributed by atoms with Gasteiger partial charge in [-0.2, -0.15) is 9.78 Å². The Morgan fingerprint density at radius 1 is 0.860 bits per heavy atom. The van der Waals surface area contributed by atoms with Gasteiger partial charge in [0, 0.05) is 56.2 Å². The number of halogens is 1. The van der Waals surface area contributed by atoms with Crippen molar-refractivity contribution in [2.24, 2.45) is 7.05 Å². The first-order valence-electron chi connectivity index (χ1n) is 17.3. The highest BCUT2D eigenvalue weighted by molar-refractivity contribution is 5.54. The van der Waals surface area contributed by atoms with E-state index in [0.717, 1.165) is 61.8 Å². The summed E-state index contributed by atoms with van der Waals surface area (Å²) in [7, 11) is 1.87. The SMILES string of the molecule is Cn1cnnc1CC1(c2ccc(F)cc2)OCC(COc2ccc(N3CCN(c4ccc(-n5ncn(C6CCCC6)c5=O)cc4)CC3)cc2)O1. The lowest BCUT2D eigenvalue weighted by molar-refractivity contribution is -0.179. The molecular formula is C37H41FN8O4. The van der Waals surface area contributed by atoms with E-state index >= 15 is 0 Å². The molecule has 0 radical (unpaired) electrons. The van der Waals surface area contributed by atoms with E-state index < -0.39 is 5.79 Å². The minimum Gasteiger partial charge on any atom is -0.491 e. The van der Waals surface area contributed by atoms with Gasteiger partial charge < -0.3 is 28.6 Å². The van der Waals surface area contributed by atoms with Gasteiger partial charge in [-0.15, -0.1) is 10.2 Å². The number of aryl methyl sites for hydroxylation is 1. The zero-order valence-electron chi connectivity index (χ0n) is 28.1. The fraction of sp³-hybridized carbons (Fsp3) is 0.405. The lowest BCUT2D eigenvalue weighted by atomic mass is 10.0. The van der Waals surface area contributed by atoms with E-state index in [1.54, 1.807) is 29.4 Å². The van der Waals surface area contributed by atoms with Crippen LogP contribution in [0.5, 0.6) is 5.75 Å². The summed E-state index contributed by atoms with van der Waals surface area (Å²) in [4.78, 5) is 17.7. The summed E-state index contributed by atoms with van der Waals surface area (Å²) in [5, 5.41) is 12.6. The van der Waals surface area contributed by atoms with Crippen molar-refractivity contribution in [3.05, 3.63) is 113 Å². The number of hydrogen-bond donors (Lipinski definition) is 0. The van der Waals surface area contributed by atoms with Crippen LogP contribution in [0.15, 0.2) is 90.2 Å². The number of nitrogens with zero attached hydrogens (tertiary/aromatic N) is 8. The summed E-state index contributed by atoms with van der Waals surface area (Å²) < 4.78 is 37.7. The van der Waals surface area contributed by atoms with E-state index in [-0.39, 0.29) is 23.7 Å². The first-order chi connectivity index (χ1) is 24.4. The third-order valence-corrected chi connectivity index (χ3v) is 10.1. The van der Waals surface area contributed by atoms with Crippen molar-refractivity contribution in [2.45, 2.75) is 50.0 Å². The van der Waals surface area contributed by atoms with Gasteiger partial charge in [0.05, 0.1) is 18.7 Å². The molecule has 0 spiro atoms. The summed E-state index contributed by atoms with van der Waals surface area (Å²) in [6, 6.07) is 22.7. The predicted octanol–water partition coefficient (Wildman–Crippen LogP) is 4.63. The molecule has 2 aromatic heterocycles. The van der Waals surface area contributed by atoms with Gasteiger partial charge in [0.15, 0.2) is 0 Å². The Morgan fingerprint density at radius 2 is 1.50 bits per heavy atom. The van der Waals surface area contributed by atoms with Crippen LogP contribution >= 0.6 is 0 Å². The quantitative estimate of drug-likeness (QED) is 0.209. The van der Waals surface area contributed by atoms with Crippen LogP contribution in [-0.2, 0) is 28.7 Å². The molecule has 3 aliphatic rings. The number of benzene rings is 3. The van der Waals surface area contributed by atoms with Crippen LogP contribution < -0.4 is 20.2 Å². The third-order valence-electron chi connectivity index (χ3n) is 10.1. The molecule has 4 heterocycles. The number of ether oxygens (including phenoxy) is 3. The maximum Gasteiger partial charge on any atom is 0.350 e. The zero-order chi connectivity index (χ0) is 34.1. The fourth-order valence-electron chi connectivity index (χ4n) is 7.27. The van der Waals surface area contributed by atoms with E-state index in [1.807, 2.05) is 35.9 Å². The summed E-state index contributed by atoms with van der Waals surface area (Å²) in [5.41, 5.74) is 3.72. The molecule has 50 heavy (non-hydrogen) atoms. The molecule has 1 saturated carbocycles. The molecule has 260 valence electrons. The minimum atomic E-state index is -1.12. The standard InChI is InChI=1S/C37H41FN8O4/c1-42-25-39-41-35(42)22-37(27-6-8-28(38)9-7-27)49-24-34(50-37)23-48-33-16-14-30(15-17-33)44-20-18-43(19-21-44)29-10-12-32(13-11-29)46-36(47)45(26-40-46)31-4-2-3-5-31/h6-17,25-26,31,34H,2-5,18-24H2,1H3. The highest BCUT2D eigenvalue weighted by atomic mass is 19.1. The number of aromatic nitrogens is 6. The second-order valence-corrected chi connectivity index (χ2v) is 13.3. The highest BCUT2D eigenvalue weighted by Gasteiger charge is 2.45. The molecule has 0 N–H and O–H groups in total. The Labute approximate surface area is 289 Å². The molecule has 3 fully saturated rings. The Bertz CT molecular complexity index is 1940.